The molecule has 1 aliphatic heterocycles. The number of aromatic amines is 1. The minimum atomic E-state index is -0.519. The molecule has 4 aromatic rings. The van der Waals surface area contributed by atoms with Crippen LogP contribution in [0.3, 0.4) is 0 Å². The average Bonchev–Trinajstić information content (AvgIpc) is 3.46. The molecule has 2 amide bonds. The summed E-state index contributed by atoms with van der Waals surface area (Å²) in [5, 5.41) is 11.6. The lowest BCUT2D eigenvalue weighted by Gasteiger charge is -2.17. The van der Waals surface area contributed by atoms with Crippen LogP contribution in [-0.2, 0) is 16.6 Å². The Bertz CT molecular complexity index is 1450. The number of fused-ring (bicyclic) bond motifs is 1. The second kappa shape index (κ2) is 7.69. The van der Waals surface area contributed by atoms with E-state index in [1.165, 1.54) is 15.6 Å². The number of carbonyl (C=O) groups is 2. The predicted molar refractivity (Wildman–Crippen MR) is 121 cm³/mol. The normalized spacial score (nSPS) is 16.0. The lowest BCUT2D eigenvalue weighted by atomic mass is 10.1. The monoisotopic (exact) mass is 446 g/mol. The summed E-state index contributed by atoms with van der Waals surface area (Å²) in [6, 6.07) is 9.30. The third-order valence-electron chi connectivity index (χ3n) is 5.71. The maximum absolute atomic E-state index is 13.0. The van der Waals surface area contributed by atoms with Gasteiger partial charge in [-0.15, -0.1) is 0 Å². The zero-order valence-corrected chi connectivity index (χ0v) is 18.4. The number of benzene rings is 1. The Morgan fingerprint density at radius 3 is 2.70 bits per heavy atom. The highest BCUT2D eigenvalue weighted by Gasteiger charge is 2.35. The van der Waals surface area contributed by atoms with Crippen molar-refractivity contribution in [3.05, 3.63) is 58.1 Å². The molecule has 11 nitrogen and oxygen atoms in total. The van der Waals surface area contributed by atoms with Gasteiger partial charge in [0, 0.05) is 31.8 Å². The standard InChI is InChI=1S/C22H22N8O3/c1-12-4-6-15(7-5-12)29-11-14(9-18(29)31)20(32)24-17-8-13(2)27-30(17)22-25-19-16(21(33)26-22)10-23-28(19)3/h4-8,10,14H,9,11H2,1-3H3,(H,24,32)(H,25,26,33). The Morgan fingerprint density at radius 1 is 1.18 bits per heavy atom. The van der Waals surface area contributed by atoms with Gasteiger partial charge >= 0.3 is 0 Å². The predicted octanol–water partition coefficient (Wildman–Crippen LogP) is 1.45. The van der Waals surface area contributed by atoms with E-state index < -0.39 is 5.92 Å². The van der Waals surface area contributed by atoms with Gasteiger partial charge < -0.3 is 10.2 Å². The molecule has 0 saturated carbocycles. The Hall–Kier alpha value is -4.28. The van der Waals surface area contributed by atoms with E-state index in [0.717, 1.165) is 11.3 Å². The van der Waals surface area contributed by atoms with Gasteiger partial charge in [0.15, 0.2) is 5.65 Å². The third-order valence-corrected chi connectivity index (χ3v) is 5.71. The van der Waals surface area contributed by atoms with Crippen LogP contribution in [0, 0.1) is 19.8 Å². The van der Waals surface area contributed by atoms with Gasteiger partial charge in [0.25, 0.3) is 5.56 Å². The molecule has 5 rings (SSSR count). The number of rotatable bonds is 4. The van der Waals surface area contributed by atoms with Gasteiger partial charge in [-0.3, -0.25) is 24.0 Å². The fourth-order valence-electron chi connectivity index (χ4n) is 3.96. The Morgan fingerprint density at radius 2 is 1.94 bits per heavy atom. The van der Waals surface area contributed by atoms with Crippen molar-refractivity contribution in [1.82, 2.24) is 29.5 Å². The molecule has 1 aliphatic rings. The molecule has 4 heterocycles. The number of aromatic nitrogens is 6. The molecule has 1 atom stereocenters. The van der Waals surface area contributed by atoms with Crippen LogP contribution in [0.15, 0.2) is 41.3 Å². The van der Waals surface area contributed by atoms with Crippen LogP contribution >= 0.6 is 0 Å². The number of nitrogens with zero attached hydrogens (tertiary/aromatic N) is 6. The van der Waals surface area contributed by atoms with Gasteiger partial charge in [-0.2, -0.15) is 19.9 Å². The number of amides is 2. The lowest BCUT2D eigenvalue weighted by Crippen LogP contribution is -2.28. The molecule has 1 saturated heterocycles. The van der Waals surface area contributed by atoms with Crippen molar-refractivity contribution < 1.29 is 9.59 Å². The zero-order valence-electron chi connectivity index (χ0n) is 18.4. The van der Waals surface area contributed by atoms with E-state index in [1.807, 2.05) is 31.2 Å². The minimum absolute atomic E-state index is 0.101. The zero-order chi connectivity index (χ0) is 23.3. The van der Waals surface area contributed by atoms with E-state index in [-0.39, 0.29) is 36.3 Å². The first kappa shape index (κ1) is 20.6. The molecule has 11 heteroatoms. The van der Waals surface area contributed by atoms with Crippen molar-refractivity contribution in [2.24, 2.45) is 13.0 Å². The summed E-state index contributed by atoms with van der Waals surface area (Å²) >= 11 is 0. The van der Waals surface area contributed by atoms with Crippen LogP contribution in [0.1, 0.15) is 17.7 Å². The average molecular weight is 446 g/mol. The Balaban J connectivity index is 1.40. The van der Waals surface area contributed by atoms with Crippen molar-refractivity contribution in [3.63, 3.8) is 0 Å². The molecule has 3 aromatic heterocycles. The summed E-state index contributed by atoms with van der Waals surface area (Å²) in [5.74, 6) is -0.417. The van der Waals surface area contributed by atoms with Crippen molar-refractivity contribution in [3.8, 4) is 5.95 Å². The molecule has 0 radical (unpaired) electrons. The SMILES string of the molecule is Cc1ccc(N2CC(C(=O)Nc3cc(C)nn3-c3nc4c(cnn4C)c(=O)[nH]3)CC2=O)cc1. The molecule has 0 bridgehead atoms. The van der Waals surface area contributed by atoms with Gasteiger partial charge in [0.05, 0.1) is 17.8 Å². The van der Waals surface area contributed by atoms with Gasteiger partial charge in [0.2, 0.25) is 17.8 Å². The molecule has 33 heavy (non-hydrogen) atoms. The van der Waals surface area contributed by atoms with Gasteiger partial charge in [-0.05, 0) is 26.0 Å². The molecule has 1 aromatic carbocycles. The van der Waals surface area contributed by atoms with Crippen molar-refractivity contribution >= 4 is 34.4 Å². The summed E-state index contributed by atoms with van der Waals surface area (Å²) < 4.78 is 2.86. The van der Waals surface area contributed by atoms with Crippen molar-refractivity contribution in [1.29, 1.82) is 0 Å². The molecular formula is C22H22N8O3. The molecule has 0 spiro atoms. The first-order valence-corrected chi connectivity index (χ1v) is 10.5. The maximum Gasteiger partial charge on any atom is 0.263 e. The van der Waals surface area contributed by atoms with Crippen LogP contribution < -0.4 is 15.8 Å². The first-order valence-electron chi connectivity index (χ1n) is 10.5. The molecule has 2 N–H and O–H groups in total. The smallest absolute Gasteiger partial charge is 0.263 e. The Labute approximate surface area is 188 Å². The molecule has 1 fully saturated rings. The fraction of sp³-hybridized carbons (Fsp3) is 0.273. The largest absolute Gasteiger partial charge is 0.312 e. The Kier molecular flexibility index (Phi) is 4.81. The number of carbonyl (C=O) groups excluding carboxylic acids is 2. The van der Waals surface area contributed by atoms with Crippen LogP contribution in [0.25, 0.3) is 17.0 Å². The summed E-state index contributed by atoms with van der Waals surface area (Å²) in [7, 11) is 1.69. The highest BCUT2D eigenvalue weighted by Crippen LogP contribution is 2.26. The third kappa shape index (κ3) is 3.67. The topological polar surface area (TPSA) is 131 Å². The van der Waals surface area contributed by atoms with Crippen LogP contribution in [0.5, 0.6) is 0 Å². The maximum atomic E-state index is 13.0. The van der Waals surface area contributed by atoms with E-state index in [4.69, 9.17) is 0 Å². The van der Waals surface area contributed by atoms with Crippen LogP contribution in [0.2, 0.25) is 0 Å². The number of nitrogens with one attached hydrogen (secondary N) is 2. The van der Waals surface area contributed by atoms with Crippen molar-refractivity contribution in [2.45, 2.75) is 20.3 Å². The van der Waals surface area contributed by atoms with E-state index >= 15 is 0 Å². The van der Waals surface area contributed by atoms with Crippen LogP contribution in [0.4, 0.5) is 11.5 Å². The van der Waals surface area contributed by atoms with E-state index in [0.29, 0.717) is 22.5 Å². The molecule has 168 valence electrons. The summed E-state index contributed by atoms with van der Waals surface area (Å²) in [5.41, 5.74) is 2.53. The van der Waals surface area contributed by atoms with E-state index in [2.05, 4.69) is 25.5 Å². The van der Waals surface area contributed by atoms with Crippen molar-refractivity contribution in [2.75, 3.05) is 16.8 Å². The van der Waals surface area contributed by atoms with Gasteiger partial charge in [0.1, 0.15) is 11.2 Å². The number of hydrogen-bond acceptors (Lipinski definition) is 6. The second-order valence-electron chi connectivity index (χ2n) is 8.21. The van der Waals surface area contributed by atoms with E-state index in [1.54, 1.807) is 24.9 Å². The molecule has 1 unspecified atom stereocenters. The molecule has 0 aliphatic carbocycles. The van der Waals surface area contributed by atoms with Gasteiger partial charge in [-0.1, -0.05) is 17.7 Å². The number of hydrogen-bond donors (Lipinski definition) is 2. The number of anilines is 2. The quantitative estimate of drug-likeness (QED) is 0.488. The van der Waals surface area contributed by atoms with Gasteiger partial charge in [-0.25, -0.2) is 0 Å². The second-order valence-corrected chi connectivity index (χ2v) is 8.21. The van der Waals surface area contributed by atoms with Crippen LogP contribution in [-0.4, -0.2) is 47.9 Å². The number of H-pyrrole nitrogens is 1. The summed E-state index contributed by atoms with van der Waals surface area (Å²) in [4.78, 5) is 46.8. The highest BCUT2D eigenvalue weighted by atomic mass is 16.2. The fourth-order valence-corrected chi connectivity index (χ4v) is 3.96. The minimum Gasteiger partial charge on any atom is -0.312 e. The first-order chi connectivity index (χ1) is 15.8. The lowest BCUT2D eigenvalue weighted by molar-refractivity contribution is -0.122. The highest BCUT2D eigenvalue weighted by molar-refractivity contribution is 6.03. The molecular weight excluding hydrogens is 424 g/mol. The summed E-state index contributed by atoms with van der Waals surface area (Å²) in [6.45, 7) is 4.03. The van der Waals surface area contributed by atoms with E-state index in [9.17, 15) is 14.4 Å². The number of aryl methyl sites for hydroxylation is 3. The summed E-state index contributed by atoms with van der Waals surface area (Å²) in [6.07, 6.45) is 1.56.